The number of benzene rings is 1. The second-order valence-electron chi connectivity index (χ2n) is 6.12. The molecule has 21 heavy (non-hydrogen) atoms. The molecule has 1 amide bonds. The molecule has 114 valence electrons. The third kappa shape index (κ3) is 3.44. The van der Waals surface area contributed by atoms with Gasteiger partial charge >= 0.3 is 0 Å². The topological polar surface area (TPSA) is 55.6 Å². The summed E-state index contributed by atoms with van der Waals surface area (Å²) in [6, 6.07) is 8.12. The standard InChI is InChI=1S/C17H24N2O2/c18-14-11-13-5-1-2-7-16(13)19(12-14)17(20)9-8-15-6-3-4-10-21-15/h1-2,5,7,14-15H,3-4,6,8-12,18H2. The van der Waals surface area contributed by atoms with Crippen LogP contribution in [0.4, 0.5) is 5.69 Å². The number of fused-ring (bicyclic) bond motifs is 1. The van der Waals surface area contributed by atoms with E-state index in [1.54, 1.807) is 0 Å². The summed E-state index contributed by atoms with van der Waals surface area (Å²) in [6.45, 7) is 1.47. The molecule has 0 aromatic heterocycles. The first-order chi connectivity index (χ1) is 10.2. The predicted octanol–water partition coefficient (Wildman–Crippen LogP) is 2.25. The third-order valence-corrected chi connectivity index (χ3v) is 4.44. The maximum atomic E-state index is 12.6. The minimum atomic E-state index is 0.0368. The number of nitrogens with two attached hydrogens (primary N) is 1. The first-order valence-corrected chi connectivity index (χ1v) is 7.99. The van der Waals surface area contributed by atoms with Crippen molar-refractivity contribution in [3.05, 3.63) is 29.8 Å². The van der Waals surface area contributed by atoms with Crippen LogP contribution in [0.25, 0.3) is 0 Å². The molecule has 1 aromatic carbocycles. The molecule has 0 radical (unpaired) electrons. The number of hydrogen-bond acceptors (Lipinski definition) is 3. The van der Waals surface area contributed by atoms with Gasteiger partial charge < -0.3 is 15.4 Å². The fourth-order valence-electron chi connectivity index (χ4n) is 3.32. The van der Waals surface area contributed by atoms with Crippen LogP contribution in [-0.2, 0) is 16.0 Å². The highest BCUT2D eigenvalue weighted by atomic mass is 16.5. The average Bonchev–Trinajstić information content (AvgIpc) is 2.52. The van der Waals surface area contributed by atoms with Crippen molar-refractivity contribution in [2.45, 2.75) is 50.7 Å². The van der Waals surface area contributed by atoms with Gasteiger partial charge in [-0.3, -0.25) is 4.79 Å². The van der Waals surface area contributed by atoms with Crippen molar-refractivity contribution in [3.63, 3.8) is 0 Å². The minimum absolute atomic E-state index is 0.0368. The molecule has 0 bridgehead atoms. The number of nitrogens with zero attached hydrogens (tertiary/aromatic N) is 1. The van der Waals surface area contributed by atoms with Crippen molar-refractivity contribution >= 4 is 11.6 Å². The SMILES string of the molecule is NC1Cc2ccccc2N(C(=O)CCC2CCCCO2)C1. The molecule has 0 spiro atoms. The number of rotatable bonds is 3. The smallest absolute Gasteiger partial charge is 0.227 e. The van der Waals surface area contributed by atoms with Crippen LogP contribution in [0.15, 0.2) is 24.3 Å². The first-order valence-electron chi connectivity index (χ1n) is 7.99. The molecule has 1 fully saturated rings. The quantitative estimate of drug-likeness (QED) is 0.928. The summed E-state index contributed by atoms with van der Waals surface area (Å²) in [4.78, 5) is 14.4. The van der Waals surface area contributed by atoms with Crippen LogP contribution in [0.1, 0.15) is 37.7 Å². The van der Waals surface area contributed by atoms with E-state index in [4.69, 9.17) is 10.5 Å². The first kappa shape index (κ1) is 14.5. The fourth-order valence-corrected chi connectivity index (χ4v) is 3.32. The summed E-state index contributed by atoms with van der Waals surface area (Å²) in [5, 5.41) is 0. The lowest BCUT2D eigenvalue weighted by Gasteiger charge is -2.33. The molecule has 1 saturated heterocycles. The van der Waals surface area contributed by atoms with Gasteiger partial charge in [-0.05, 0) is 43.7 Å². The van der Waals surface area contributed by atoms with Crippen LogP contribution in [0.2, 0.25) is 0 Å². The van der Waals surface area contributed by atoms with E-state index in [0.717, 1.165) is 38.0 Å². The molecule has 1 aromatic rings. The molecule has 2 aliphatic rings. The van der Waals surface area contributed by atoms with E-state index in [1.807, 2.05) is 23.1 Å². The zero-order chi connectivity index (χ0) is 14.7. The van der Waals surface area contributed by atoms with E-state index in [9.17, 15) is 4.79 Å². The molecule has 2 N–H and O–H groups in total. The van der Waals surface area contributed by atoms with E-state index in [1.165, 1.54) is 12.0 Å². The van der Waals surface area contributed by atoms with Crippen molar-refractivity contribution in [1.29, 1.82) is 0 Å². The average molecular weight is 288 g/mol. The van der Waals surface area contributed by atoms with Gasteiger partial charge in [0.25, 0.3) is 0 Å². The van der Waals surface area contributed by atoms with Crippen LogP contribution in [0.3, 0.4) is 0 Å². The normalized spacial score (nSPS) is 25.5. The van der Waals surface area contributed by atoms with E-state index >= 15 is 0 Å². The van der Waals surface area contributed by atoms with E-state index in [0.29, 0.717) is 13.0 Å². The monoisotopic (exact) mass is 288 g/mol. The summed E-state index contributed by atoms with van der Waals surface area (Å²) < 4.78 is 5.71. The minimum Gasteiger partial charge on any atom is -0.378 e. The van der Waals surface area contributed by atoms with Gasteiger partial charge in [-0.15, -0.1) is 0 Å². The summed E-state index contributed by atoms with van der Waals surface area (Å²) in [6.07, 6.45) is 5.94. The van der Waals surface area contributed by atoms with Crippen LogP contribution < -0.4 is 10.6 Å². The molecule has 4 nitrogen and oxygen atoms in total. The Labute approximate surface area is 126 Å². The molecular weight excluding hydrogens is 264 g/mol. The van der Waals surface area contributed by atoms with Gasteiger partial charge in [0.1, 0.15) is 0 Å². The van der Waals surface area contributed by atoms with E-state index in [2.05, 4.69) is 6.07 Å². The highest BCUT2D eigenvalue weighted by Crippen LogP contribution is 2.27. The lowest BCUT2D eigenvalue weighted by atomic mass is 9.97. The Morgan fingerprint density at radius 1 is 1.33 bits per heavy atom. The summed E-state index contributed by atoms with van der Waals surface area (Å²) in [5.74, 6) is 0.173. The Morgan fingerprint density at radius 2 is 2.19 bits per heavy atom. The zero-order valence-electron chi connectivity index (χ0n) is 12.5. The van der Waals surface area contributed by atoms with Gasteiger partial charge in [0.15, 0.2) is 0 Å². The van der Waals surface area contributed by atoms with Gasteiger partial charge in [-0.1, -0.05) is 18.2 Å². The van der Waals surface area contributed by atoms with Crippen molar-refractivity contribution < 1.29 is 9.53 Å². The Bertz CT molecular complexity index is 497. The Morgan fingerprint density at radius 3 is 3.00 bits per heavy atom. The molecule has 2 unspecified atom stereocenters. The van der Waals surface area contributed by atoms with E-state index < -0.39 is 0 Å². The Kier molecular flexibility index (Phi) is 4.56. The van der Waals surface area contributed by atoms with Crippen LogP contribution in [0, 0.1) is 0 Å². The van der Waals surface area contributed by atoms with Crippen LogP contribution >= 0.6 is 0 Å². The van der Waals surface area contributed by atoms with Crippen molar-refractivity contribution in [3.8, 4) is 0 Å². The highest BCUT2D eigenvalue weighted by Gasteiger charge is 2.26. The zero-order valence-corrected chi connectivity index (χ0v) is 12.5. The summed E-state index contributed by atoms with van der Waals surface area (Å²) in [7, 11) is 0. The molecule has 3 rings (SSSR count). The number of ether oxygens (including phenoxy) is 1. The maximum Gasteiger partial charge on any atom is 0.227 e. The molecule has 4 heteroatoms. The summed E-state index contributed by atoms with van der Waals surface area (Å²) >= 11 is 0. The third-order valence-electron chi connectivity index (χ3n) is 4.44. The van der Waals surface area contributed by atoms with Crippen LogP contribution in [0.5, 0.6) is 0 Å². The van der Waals surface area contributed by atoms with Crippen LogP contribution in [-0.4, -0.2) is 31.2 Å². The largest absolute Gasteiger partial charge is 0.378 e. The number of amides is 1. The molecule has 0 aliphatic carbocycles. The number of anilines is 1. The number of para-hydroxylation sites is 1. The van der Waals surface area contributed by atoms with Crippen molar-refractivity contribution in [2.75, 3.05) is 18.1 Å². The molecular formula is C17H24N2O2. The lowest BCUT2D eigenvalue weighted by molar-refractivity contribution is -0.119. The lowest BCUT2D eigenvalue weighted by Crippen LogP contribution is -2.46. The Hall–Kier alpha value is -1.39. The van der Waals surface area contributed by atoms with Gasteiger partial charge in [-0.2, -0.15) is 0 Å². The second-order valence-corrected chi connectivity index (χ2v) is 6.12. The molecule has 2 heterocycles. The number of hydrogen-bond donors (Lipinski definition) is 1. The van der Waals surface area contributed by atoms with Gasteiger partial charge in [-0.25, -0.2) is 0 Å². The van der Waals surface area contributed by atoms with Gasteiger partial charge in [0.2, 0.25) is 5.91 Å². The van der Waals surface area contributed by atoms with Crippen molar-refractivity contribution in [2.24, 2.45) is 5.73 Å². The fraction of sp³-hybridized carbons (Fsp3) is 0.588. The molecule has 0 saturated carbocycles. The number of carbonyl (C=O) groups is 1. The predicted molar refractivity (Wildman–Crippen MR) is 83.3 cm³/mol. The Balaban J connectivity index is 1.64. The van der Waals surface area contributed by atoms with E-state index in [-0.39, 0.29) is 18.1 Å². The number of carbonyl (C=O) groups excluding carboxylic acids is 1. The summed E-state index contributed by atoms with van der Waals surface area (Å²) in [5.41, 5.74) is 8.31. The molecule has 2 aliphatic heterocycles. The maximum absolute atomic E-state index is 12.6. The second kappa shape index (κ2) is 6.58. The molecule has 2 atom stereocenters. The van der Waals surface area contributed by atoms with Gasteiger partial charge in [0, 0.05) is 31.3 Å². The van der Waals surface area contributed by atoms with Crippen molar-refractivity contribution in [1.82, 2.24) is 0 Å². The highest BCUT2D eigenvalue weighted by molar-refractivity contribution is 5.94. The van der Waals surface area contributed by atoms with Gasteiger partial charge in [0.05, 0.1) is 6.10 Å².